The van der Waals surface area contributed by atoms with Crippen LogP contribution in [0.25, 0.3) is 0 Å². The molecule has 0 aromatic heterocycles. The first-order valence-electron chi connectivity index (χ1n) is 3.85. The van der Waals surface area contributed by atoms with Crippen molar-refractivity contribution in [2.24, 2.45) is 0 Å². The van der Waals surface area contributed by atoms with Crippen molar-refractivity contribution in [3.63, 3.8) is 0 Å². The maximum Gasteiger partial charge on any atom is 1.00 e. The molecule has 15 heavy (non-hydrogen) atoms. The summed E-state index contributed by atoms with van der Waals surface area (Å²) in [6, 6.07) is 4.55. The average Bonchev–Trinajstić information content (AvgIpc) is 2.15. The molecule has 0 saturated carbocycles. The molecule has 0 amide bonds. The molecule has 4 nitrogen and oxygen atoms in total. The quantitative estimate of drug-likeness (QED) is 0.581. The Hall–Kier alpha value is 0.376. The molecule has 76 valence electrons. The predicted molar refractivity (Wildman–Crippen MR) is 47.9 cm³/mol. The largest absolute Gasteiger partial charge is 1.00 e. The molecule has 0 radical (unpaired) electrons. The number of carboxylic acids is 1. The van der Waals surface area contributed by atoms with Crippen molar-refractivity contribution in [3.05, 3.63) is 28.8 Å². The SMILES string of the molecule is O=C([O-])COc1ccc(Cl)cc1CO.[K+]. The molecule has 0 heterocycles. The van der Waals surface area contributed by atoms with Crippen LogP contribution in [-0.4, -0.2) is 17.7 Å². The Kier molecular flexibility index (Phi) is 7.81. The molecule has 0 spiro atoms. The molecule has 6 heteroatoms. The molecule has 0 aliphatic heterocycles. The Balaban J connectivity index is 0.00000196. The van der Waals surface area contributed by atoms with E-state index in [2.05, 4.69) is 0 Å². The zero-order valence-corrected chi connectivity index (χ0v) is 12.1. The summed E-state index contributed by atoms with van der Waals surface area (Å²) in [6.45, 7) is -0.808. The summed E-state index contributed by atoms with van der Waals surface area (Å²) in [5.41, 5.74) is 0.443. The first kappa shape index (κ1) is 15.4. The second-order valence-electron chi connectivity index (χ2n) is 2.57. The van der Waals surface area contributed by atoms with Crippen LogP contribution >= 0.6 is 11.6 Å². The maximum absolute atomic E-state index is 10.1. The molecular weight excluding hydrogens is 247 g/mol. The molecule has 1 aromatic rings. The van der Waals surface area contributed by atoms with Gasteiger partial charge in [0.15, 0.2) is 0 Å². The van der Waals surface area contributed by atoms with Gasteiger partial charge in [-0.1, -0.05) is 11.6 Å². The fraction of sp³-hybridized carbons (Fsp3) is 0.222. The molecule has 0 aliphatic carbocycles. The number of benzene rings is 1. The molecular formula is C9H8ClKO4. The number of carboxylic acid groups (broad SMARTS) is 1. The number of aliphatic hydroxyl groups excluding tert-OH is 1. The van der Waals surface area contributed by atoms with Crippen molar-refractivity contribution in [2.75, 3.05) is 6.61 Å². The van der Waals surface area contributed by atoms with Gasteiger partial charge >= 0.3 is 51.4 Å². The second kappa shape index (κ2) is 7.62. The molecule has 0 atom stereocenters. The monoisotopic (exact) mass is 254 g/mol. The van der Waals surface area contributed by atoms with E-state index in [9.17, 15) is 9.90 Å². The Bertz CT molecular complexity index is 343. The molecule has 0 saturated heterocycles. The first-order valence-corrected chi connectivity index (χ1v) is 4.23. The Morgan fingerprint density at radius 3 is 2.73 bits per heavy atom. The molecule has 0 bridgehead atoms. The number of ether oxygens (including phenoxy) is 1. The van der Waals surface area contributed by atoms with Gasteiger partial charge in [0.25, 0.3) is 0 Å². The Morgan fingerprint density at radius 2 is 2.20 bits per heavy atom. The smallest absolute Gasteiger partial charge is 0.546 e. The summed E-state index contributed by atoms with van der Waals surface area (Å²) < 4.78 is 4.86. The van der Waals surface area contributed by atoms with Gasteiger partial charge < -0.3 is 19.7 Å². The average molecular weight is 255 g/mol. The molecule has 1 rings (SSSR count). The minimum absolute atomic E-state index is 0. The van der Waals surface area contributed by atoms with Crippen LogP contribution in [-0.2, 0) is 11.4 Å². The summed E-state index contributed by atoms with van der Waals surface area (Å²) in [4.78, 5) is 10.1. The summed E-state index contributed by atoms with van der Waals surface area (Å²) in [5.74, 6) is -1.02. The van der Waals surface area contributed by atoms with E-state index in [0.717, 1.165) is 0 Å². The van der Waals surface area contributed by atoms with Crippen LogP contribution in [0.4, 0.5) is 0 Å². The van der Waals surface area contributed by atoms with Gasteiger partial charge in [-0.15, -0.1) is 0 Å². The van der Waals surface area contributed by atoms with Crippen molar-refractivity contribution in [1.82, 2.24) is 0 Å². The van der Waals surface area contributed by atoms with Gasteiger partial charge in [-0.05, 0) is 18.2 Å². The fourth-order valence-electron chi connectivity index (χ4n) is 0.949. The van der Waals surface area contributed by atoms with Gasteiger partial charge in [0, 0.05) is 10.6 Å². The third-order valence-corrected chi connectivity index (χ3v) is 1.77. The number of carbonyl (C=O) groups is 1. The number of hydrogen-bond donors (Lipinski definition) is 1. The van der Waals surface area contributed by atoms with Crippen LogP contribution in [0.15, 0.2) is 18.2 Å². The Labute approximate surface area is 135 Å². The number of hydrogen-bond acceptors (Lipinski definition) is 4. The van der Waals surface area contributed by atoms with Crippen LogP contribution < -0.4 is 61.2 Å². The van der Waals surface area contributed by atoms with E-state index in [1.807, 2.05) is 0 Å². The normalized spacial score (nSPS) is 9.20. The number of carbonyl (C=O) groups excluding carboxylic acids is 1. The predicted octanol–water partition coefficient (Wildman–Crippen LogP) is -3.03. The summed E-state index contributed by atoms with van der Waals surface area (Å²) in [7, 11) is 0. The fourth-order valence-corrected chi connectivity index (χ4v) is 1.14. The van der Waals surface area contributed by atoms with E-state index in [4.69, 9.17) is 21.4 Å². The van der Waals surface area contributed by atoms with Crippen LogP contribution in [0.2, 0.25) is 5.02 Å². The van der Waals surface area contributed by atoms with Gasteiger partial charge in [0.2, 0.25) is 0 Å². The van der Waals surface area contributed by atoms with E-state index < -0.39 is 12.6 Å². The maximum atomic E-state index is 10.1. The first-order chi connectivity index (χ1) is 6.63. The van der Waals surface area contributed by atoms with Gasteiger partial charge in [-0.2, -0.15) is 0 Å². The standard InChI is InChI=1S/C9H9ClO4.K/c10-7-1-2-8(6(3-7)4-11)14-5-9(12)13;/h1-3,11H,4-5H2,(H,12,13);/q;+1/p-1. The van der Waals surface area contributed by atoms with Gasteiger partial charge in [-0.25, -0.2) is 0 Å². The zero-order valence-electron chi connectivity index (χ0n) is 8.20. The van der Waals surface area contributed by atoms with Gasteiger partial charge in [0.05, 0.1) is 12.6 Å². The van der Waals surface area contributed by atoms with Crippen LogP contribution in [0, 0.1) is 0 Å². The van der Waals surface area contributed by atoms with Crippen LogP contribution in [0.1, 0.15) is 5.56 Å². The summed E-state index contributed by atoms with van der Waals surface area (Å²) in [5, 5.41) is 19.5. The molecule has 1 aromatic carbocycles. The van der Waals surface area contributed by atoms with E-state index in [-0.39, 0.29) is 58.0 Å². The van der Waals surface area contributed by atoms with Crippen molar-refractivity contribution in [2.45, 2.75) is 6.61 Å². The van der Waals surface area contributed by atoms with E-state index in [1.54, 1.807) is 6.07 Å². The molecule has 1 N–H and O–H groups in total. The molecule has 0 aliphatic rings. The third kappa shape index (κ3) is 5.30. The number of halogens is 1. The van der Waals surface area contributed by atoms with Gasteiger partial charge in [0.1, 0.15) is 12.4 Å². The third-order valence-electron chi connectivity index (χ3n) is 1.54. The van der Waals surface area contributed by atoms with Crippen LogP contribution in [0.3, 0.4) is 0 Å². The number of aliphatic hydroxyl groups is 1. The number of rotatable bonds is 4. The van der Waals surface area contributed by atoms with Crippen LogP contribution in [0.5, 0.6) is 5.75 Å². The molecule has 0 unspecified atom stereocenters. The Morgan fingerprint density at radius 1 is 1.53 bits per heavy atom. The topological polar surface area (TPSA) is 69.6 Å². The number of aliphatic carboxylic acids is 1. The minimum atomic E-state index is -1.32. The van der Waals surface area contributed by atoms with E-state index >= 15 is 0 Å². The summed E-state index contributed by atoms with van der Waals surface area (Å²) in [6.07, 6.45) is 0. The minimum Gasteiger partial charge on any atom is -0.546 e. The van der Waals surface area contributed by atoms with Crippen molar-refractivity contribution < 1.29 is 71.1 Å². The molecule has 0 fully saturated rings. The van der Waals surface area contributed by atoms with E-state index in [1.165, 1.54) is 12.1 Å². The van der Waals surface area contributed by atoms with Crippen molar-refractivity contribution in [3.8, 4) is 5.75 Å². The second-order valence-corrected chi connectivity index (χ2v) is 3.01. The van der Waals surface area contributed by atoms with Crippen molar-refractivity contribution in [1.29, 1.82) is 0 Å². The van der Waals surface area contributed by atoms with E-state index in [0.29, 0.717) is 16.3 Å². The summed E-state index contributed by atoms with van der Waals surface area (Å²) >= 11 is 5.66. The zero-order chi connectivity index (χ0) is 10.6. The van der Waals surface area contributed by atoms with Gasteiger partial charge in [-0.3, -0.25) is 0 Å². The van der Waals surface area contributed by atoms with Crippen molar-refractivity contribution >= 4 is 17.6 Å².